The zero-order valence-corrected chi connectivity index (χ0v) is 19.4. The molecule has 27 heavy (non-hydrogen) atoms. The highest BCUT2D eigenvalue weighted by molar-refractivity contribution is 14.0. The van der Waals surface area contributed by atoms with Crippen LogP contribution in [0.2, 0.25) is 0 Å². The highest BCUT2D eigenvalue weighted by atomic mass is 127. The summed E-state index contributed by atoms with van der Waals surface area (Å²) < 4.78 is 16.5. The summed E-state index contributed by atoms with van der Waals surface area (Å²) in [4.78, 5) is 5.62. The minimum Gasteiger partial charge on any atom is -0.493 e. The van der Waals surface area contributed by atoms with Crippen LogP contribution in [0.25, 0.3) is 0 Å². The Bertz CT molecular complexity index is 683. The second-order valence-corrected chi connectivity index (χ2v) is 6.48. The van der Waals surface area contributed by atoms with Gasteiger partial charge < -0.3 is 24.8 Å². The number of hydrogen-bond acceptors (Lipinski definition) is 5. The molecule has 0 atom stereocenters. The quantitative estimate of drug-likeness (QED) is 0.309. The van der Waals surface area contributed by atoms with Crippen molar-refractivity contribution in [1.82, 2.24) is 10.6 Å². The van der Waals surface area contributed by atoms with Crippen molar-refractivity contribution < 1.29 is 14.2 Å². The number of rotatable bonds is 9. The summed E-state index contributed by atoms with van der Waals surface area (Å²) in [6, 6.07) is 8.10. The minimum atomic E-state index is 0. The molecule has 0 saturated carbocycles. The van der Waals surface area contributed by atoms with Crippen LogP contribution in [0, 0.1) is 0 Å². The summed E-state index contributed by atoms with van der Waals surface area (Å²) in [7, 11) is 5.01. The zero-order valence-electron chi connectivity index (χ0n) is 16.2. The smallest absolute Gasteiger partial charge is 0.203 e. The van der Waals surface area contributed by atoms with E-state index in [-0.39, 0.29) is 24.0 Å². The van der Waals surface area contributed by atoms with Gasteiger partial charge in [0.2, 0.25) is 5.75 Å². The molecule has 1 aromatic heterocycles. The molecular formula is C19H28IN3O3S. The molecule has 0 amide bonds. The number of nitrogens with one attached hydrogen (secondary N) is 2. The Balaban J connectivity index is 0.00000364. The van der Waals surface area contributed by atoms with Crippen LogP contribution in [-0.2, 0) is 13.0 Å². The molecule has 0 aliphatic rings. The van der Waals surface area contributed by atoms with E-state index in [4.69, 9.17) is 14.2 Å². The van der Waals surface area contributed by atoms with Crippen LogP contribution < -0.4 is 24.8 Å². The van der Waals surface area contributed by atoms with Gasteiger partial charge in [-0.05, 0) is 42.5 Å². The van der Waals surface area contributed by atoms with E-state index in [1.807, 2.05) is 19.1 Å². The van der Waals surface area contributed by atoms with Crippen LogP contribution >= 0.6 is 35.3 Å². The maximum atomic E-state index is 5.63. The third kappa shape index (κ3) is 7.10. The first-order chi connectivity index (χ1) is 12.7. The molecule has 0 unspecified atom stereocenters. The summed E-state index contributed by atoms with van der Waals surface area (Å²) in [6.07, 6.45) is 0.975. The van der Waals surface area contributed by atoms with E-state index >= 15 is 0 Å². The van der Waals surface area contributed by atoms with Gasteiger partial charge in [-0.25, -0.2) is 0 Å². The number of aliphatic imine (C=N–C) groups is 1. The first-order valence-electron chi connectivity index (χ1n) is 8.56. The van der Waals surface area contributed by atoms with Gasteiger partial charge in [0.25, 0.3) is 0 Å². The number of hydrogen-bond donors (Lipinski definition) is 2. The zero-order chi connectivity index (χ0) is 18.8. The van der Waals surface area contributed by atoms with Crippen molar-refractivity contribution >= 4 is 41.3 Å². The van der Waals surface area contributed by atoms with Crippen LogP contribution in [0.3, 0.4) is 0 Å². The lowest BCUT2D eigenvalue weighted by Crippen LogP contribution is -2.37. The van der Waals surface area contributed by atoms with Crippen LogP contribution in [0.1, 0.15) is 17.4 Å². The van der Waals surface area contributed by atoms with Crippen molar-refractivity contribution in [2.75, 3.05) is 34.4 Å². The molecule has 2 N–H and O–H groups in total. The largest absolute Gasteiger partial charge is 0.493 e. The van der Waals surface area contributed by atoms with Gasteiger partial charge in [-0.1, -0.05) is 6.07 Å². The summed E-state index contributed by atoms with van der Waals surface area (Å²) in [5, 5.41) is 8.73. The molecule has 0 aliphatic heterocycles. The van der Waals surface area contributed by atoms with Crippen LogP contribution in [0.15, 0.2) is 34.6 Å². The maximum Gasteiger partial charge on any atom is 0.203 e. The first kappa shape index (κ1) is 23.4. The summed E-state index contributed by atoms with van der Waals surface area (Å²) in [6.45, 7) is 3.90. The van der Waals surface area contributed by atoms with Crippen molar-refractivity contribution in [2.45, 2.75) is 19.9 Å². The van der Waals surface area contributed by atoms with E-state index in [2.05, 4.69) is 33.1 Å². The molecule has 1 aromatic carbocycles. The molecular weight excluding hydrogens is 477 g/mol. The third-order valence-corrected chi connectivity index (χ3v) is 4.67. The lowest BCUT2D eigenvalue weighted by molar-refractivity contribution is 0.288. The monoisotopic (exact) mass is 505 g/mol. The molecule has 0 aliphatic carbocycles. The number of ether oxygens (including phenoxy) is 3. The first-order valence-corrected chi connectivity index (χ1v) is 9.44. The van der Waals surface area contributed by atoms with Crippen molar-refractivity contribution in [3.63, 3.8) is 0 Å². The number of benzene rings is 1. The predicted molar refractivity (Wildman–Crippen MR) is 122 cm³/mol. The second-order valence-electron chi connectivity index (χ2n) is 5.44. The van der Waals surface area contributed by atoms with Gasteiger partial charge in [-0.15, -0.1) is 35.3 Å². The van der Waals surface area contributed by atoms with E-state index in [0.29, 0.717) is 30.4 Å². The highest BCUT2D eigenvalue weighted by Crippen LogP contribution is 2.38. The van der Waals surface area contributed by atoms with Crippen molar-refractivity contribution in [2.24, 2.45) is 4.99 Å². The Kier molecular flexibility index (Phi) is 11.0. The van der Waals surface area contributed by atoms with Gasteiger partial charge in [0.05, 0.1) is 20.8 Å². The number of thiophene rings is 1. The number of guanidine groups is 1. The predicted octanol–water partition coefficient (Wildman–Crippen LogP) is 3.69. The molecule has 0 fully saturated rings. The number of nitrogens with zero attached hydrogens (tertiary/aromatic N) is 1. The molecule has 0 spiro atoms. The lowest BCUT2D eigenvalue weighted by Gasteiger charge is -2.16. The average molecular weight is 505 g/mol. The molecule has 2 aromatic rings. The second kappa shape index (κ2) is 12.7. The SMILES string of the molecule is CCOc1c(OC)cc(CNC(=NC)NCCc2cccs2)cc1OC.I. The summed E-state index contributed by atoms with van der Waals surface area (Å²) in [5.41, 5.74) is 1.02. The molecule has 150 valence electrons. The van der Waals surface area contributed by atoms with Gasteiger partial charge in [0.1, 0.15) is 0 Å². The van der Waals surface area contributed by atoms with Crippen molar-refractivity contribution in [1.29, 1.82) is 0 Å². The van der Waals surface area contributed by atoms with E-state index < -0.39 is 0 Å². The highest BCUT2D eigenvalue weighted by Gasteiger charge is 2.14. The van der Waals surface area contributed by atoms with Crippen molar-refractivity contribution in [3.05, 3.63) is 40.1 Å². The van der Waals surface area contributed by atoms with Gasteiger partial charge in [-0.3, -0.25) is 4.99 Å². The van der Waals surface area contributed by atoms with Gasteiger partial charge in [0, 0.05) is 25.0 Å². The lowest BCUT2D eigenvalue weighted by atomic mass is 10.2. The van der Waals surface area contributed by atoms with E-state index in [1.54, 1.807) is 32.6 Å². The maximum absolute atomic E-state index is 5.63. The summed E-state index contributed by atoms with van der Waals surface area (Å²) in [5.74, 6) is 2.69. The van der Waals surface area contributed by atoms with Crippen LogP contribution in [-0.4, -0.2) is 40.4 Å². The van der Waals surface area contributed by atoms with E-state index in [9.17, 15) is 0 Å². The molecule has 2 rings (SSSR count). The molecule has 0 radical (unpaired) electrons. The molecule has 1 heterocycles. The van der Waals surface area contributed by atoms with Crippen LogP contribution in [0.5, 0.6) is 17.2 Å². The van der Waals surface area contributed by atoms with E-state index in [1.165, 1.54) is 4.88 Å². The topological polar surface area (TPSA) is 64.1 Å². The van der Waals surface area contributed by atoms with Gasteiger partial charge in [0.15, 0.2) is 17.5 Å². The Morgan fingerprint density at radius 1 is 1.15 bits per heavy atom. The fourth-order valence-corrected chi connectivity index (χ4v) is 3.20. The Hall–Kier alpha value is -1.68. The Labute approximate surface area is 182 Å². The Morgan fingerprint density at radius 3 is 2.37 bits per heavy atom. The van der Waals surface area contributed by atoms with Gasteiger partial charge in [-0.2, -0.15) is 0 Å². The minimum absolute atomic E-state index is 0. The number of methoxy groups -OCH3 is 2. The average Bonchev–Trinajstić information content (AvgIpc) is 3.18. The van der Waals surface area contributed by atoms with E-state index in [0.717, 1.165) is 24.5 Å². The molecule has 0 bridgehead atoms. The fraction of sp³-hybridized carbons (Fsp3) is 0.421. The molecule has 8 heteroatoms. The number of halogens is 1. The standard InChI is InChI=1S/C19H27N3O3S.HI/c1-5-25-18-16(23-3)11-14(12-17(18)24-4)13-22-19(20-2)21-9-8-15-7-6-10-26-15;/h6-7,10-12H,5,8-9,13H2,1-4H3,(H2,20,21,22);1H. The summed E-state index contributed by atoms with van der Waals surface area (Å²) >= 11 is 1.77. The Morgan fingerprint density at radius 2 is 1.85 bits per heavy atom. The normalized spacial score (nSPS) is 10.7. The molecule has 0 saturated heterocycles. The molecule has 6 nitrogen and oxygen atoms in total. The van der Waals surface area contributed by atoms with Crippen LogP contribution in [0.4, 0.5) is 0 Å². The fourth-order valence-electron chi connectivity index (χ4n) is 2.49. The van der Waals surface area contributed by atoms with Gasteiger partial charge >= 0.3 is 0 Å². The third-order valence-electron chi connectivity index (χ3n) is 3.74. The van der Waals surface area contributed by atoms with Crippen molar-refractivity contribution in [3.8, 4) is 17.2 Å².